The third kappa shape index (κ3) is 6.60. The Hall–Kier alpha value is -6.35. The Morgan fingerprint density at radius 3 is 1.95 bits per heavy atom. The summed E-state index contributed by atoms with van der Waals surface area (Å²) in [6.07, 6.45) is 2.04. The monoisotopic (exact) mass is 957 g/mol. The number of hydrogen-bond donors (Lipinski definition) is 1. The van der Waals surface area contributed by atoms with Crippen molar-refractivity contribution in [2.75, 3.05) is 0 Å². The molecule has 2 heterocycles. The summed E-state index contributed by atoms with van der Waals surface area (Å²) in [4.78, 5) is 10.6. The smallest absolute Gasteiger partial charge is 0.148 e. The molecule has 0 fully saturated rings. The van der Waals surface area contributed by atoms with Crippen LogP contribution in [0.15, 0.2) is 170 Å². The van der Waals surface area contributed by atoms with Crippen LogP contribution in [-0.2, 0) is 31.9 Å². The molecule has 0 amide bonds. The summed E-state index contributed by atoms with van der Waals surface area (Å²) < 4.78 is 2.21. The van der Waals surface area contributed by atoms with Gasteiger partial charge < -0.3 is 5.11 Å². The SMILES string of the molecule is CC(C)(C)c1ccc(-n2c(-c3ccccc3O)nc3c(-c4[c-]c(-c5cc6c(cn5)-c5ccccc5C6(C)C)cc(-c5ccccc5)c4)cccc32)c(-c2ccccc2)c1.[Pt]. The zero-order valence-electron chi connectivity index (χ0n) is 34.3. The summed E-state index contributed by atoms with van der Waals surface area (Å²) in [5, 5.41) is 11.4. The number of rotatable bonds is 6. The van der Waals surface area contributed by atoms with Gasteiger partial charge in [0, 0.05) is 49.5 Å². The zero-order valence-corrected chi connectivity index (χ0v) is 36.5. The van der Waals surface area contributed by atoms with Gasteiger partial charge in [0.15, 0.2) is 0 Å². The minimum atomic E-state index is -0.162. The Balaban J connectivity index is 0.00000462. The predicted molar refractivity (Wildman–Crippen MR) is 243 cm³/mol. The van der Waals surface area contributed by atoms with Crippen molar-refractivity contribution in [1.29, 1.82) is 0 Å². The maximum absolute atomic E-state index is 11.4. The van der Waals surface area contributed by atoms with Crippen LogP contribution in [0.3, 0.4) is 0 Å². The molecule has 0 aliphatic heterocycles. The number of pyridine rings is 1. The van der Waals surface area contributed by atoms with Gasteiger partial charge in [0.25, 0.3) is 0 Å². The van der Waals surface area contributed by atoms with Crippen molar-refractivity contribution in [2.45, 2.75) is 45.4 Å². The Labute approximate surface area is 366 Å². The van der Waals surface area contributed by atoms with Gasteiger partial charge in [-0.3, -0.25) is 9.55 Å². The molecule has 0 atom stereocenters. The second-order valence-corrected chi connectivity index (χ2v) is 17.2. The van der Waals surface area contributed by atoms with E-state index in [0.717, 1.165) is 61.4 Å². The second kappa shape index (κ2) is 15.0. The Bertz CT molecular complexity index is 3070. The molecular weight excluding hydrogens is 914 g/mol. The molecular formula is C55H44N3OPt-. The average Bonchev–Trinajstić information content (AvgIpc) is 3.76. The zero-order chi connectivity index (χ0) is 40.5. The number of aromatic hydroxyl groups is 1. The van der Waals surface area contributed by atoms with E-state index in [4.69, 9.17) is 9.97 Å². The number of phenolic OH excluding ortho intramolecular Hbond substituents is 1. The molecule has 60 heavy (non-hydrogen) atoms. The van der Waals surface area contributed by atoms with Crippen molar-refractivity contribution >= 4 is 11.0 Å². The second-order valence-electron chi connectivity index (χ2n) is 17.2. The van der Waals surface area contributed by atoms with Crippen molar-refractivity contribution in [2.24, 2.45) is 0 Å². The van der Waals surface area contributed by atoms with Crippen LogP contribution in [-0.4, -0.2) is 19.6 Å². The summed E-state index contributed by atoms with van der Waals surface area (Å²) in [5.74, 6) is 0.832. The Morgan fingerprint density at radius 1 is 0.567 bits per heavy atom. The summed E-state index contributed by atoms with van der Waals surface area (Å²) >= 11 is 0. The van der Waals surface area contributed by atoms with Crippen LogP contribution in [0.2, 0.25) is 0 Å². The van der Waals surface area contributed by atoms with Gasteiger partial charge in [-0.1, -0.05) is 173 Å². The van der Waals surface area contributed by atoms with E-state index in [-0.39, 0.29) is 37.6 Å². The fourth-order valence-electron chi connectivity index (χ4n) is 8.84. The van der Waals surface area contributed by atoms with Crippen LogP contribution >= 0.6 is 0 Å². The van der Waals surface area contributed by atoms with Crippen molar-refractivity contribution in [3.8, 4) is 78.6 Å². The number of aromatic nitrogens is 3. The summed E-state index contributed by atoms with van der Waals surface area (Å²) in [7, 11) is 0. The molecule has 296 valence electrons. The minimum absolute atomic E-state index is 0. The van der Waals surface area contributed by atoms with Crippen LogP contribution in [0.5, 0.6) is 5.75 Å². The number of imidazole rings is 1. The molecule has 4 nitrogen and oxygen atoms in total. The number of fused-ring (bicyclic) bond motifs is 4. The molecule has 0 spiro atoms. The van der Waals surface area contributed by atoms with Crippen LogP contribution < -0.4 is 0 Å². The van der Waals surface area contributed by atoms with E-state index in [0.29, 0.717) is 11.4 Å². The molecule has 0 bridgehead atoms. The van der Waals surface area contributed by atoms with E-state index in [1.807, 2.05) is 30.5 Å². The third-order valence-electron chi connectivity index (χ3n) is 12.0. The summed E-state index contributed by atoms with van der Waals surface area (Å²) in [6, 6.07) is 60.8. The number of nitrogens with zero attached hydrogens (tertiary/aromatic N) is 3. The van der Waals surface area contributed by atoms with Crippen LogP contribution in [0.25, 0.3) is 83.9 Å². The Kier molecular flexibility index (Phi) is 9.80. The predicted octanol–water partition coefficient (Wildman–Crippen LogP) is 13.9. The van der Waals surface area contributed by atoms with Gasteiger partial charge in [0.2, 0.25) is 0 Å². The van der Waals surface area contributed by atoms with Gasteiger partial charge in [0.05, 0.1) is 22.3 Å². The number of benzene rings is 7. The van der Waals surface area contributed by atoms with E-state index >= 15 is 0 Å². The normalized spacial score (nSPS) is 12.8. The molecule has 10 rings (SSSR count). The molecule has 1 aliphatic carbocycles. The first-order valence-corrected chi connectivity index (χ1v) is 20.3. The molecule has 7 aromatic carbocycles. The number of para-hydroxylation sites is 2. The summed E-state index contributed by atoms with van der Waals surface area (Å²) in [5.41, 5.74) is 17.4. The number of hydrogen-bond acceptors (Lipinski definition) is 3. The molecule has 0 saturated heterocycles. The van der Waals surface area contributed by atoms with E-state index in [1.165, 1.54) is 27.8 Å². The third-order valence-corrected chi connectivity index (χ3v) is 12.0. The maximum atomic E-state index is 11.4. The van der Waals surface area contributed by atoms with Crippen molar-refractivity contribution < 1.29 is 26.2 Å². The molecule has 0 saturated carbocycles. The maximum Gasteiger partial charge on any atom is 0.148 e. The first-order chi connectivity index (χ1) is 28.6. The van der Waals surface area contributed by atoms with Crippen molar-refractivity contribution in [3.05, 3.63) is 193 Å². The van der Waals surface area contributed by atoms with Crippen LogP contribution in [0.1, 0.15) is 51.3 Å². The number of phenols is 1. The molecule has 1 N–H and O–H groups in total. The molecule has 0 unspecified atom stereocenters. The van der Waals surface area contributed by atoms with E-state index in [2.05, 4.69) is 179 Å². The molecule has 1 aliphatic rings. The van der Waals surface area contributed by atoms with Gasteiger partial charge >= 0.3 is 0 Å². The molecule has 0 radical (unpaired) electrons. The molecule has 2 aromatic heterocycles. The fourth-order valence-corrected chi connectivity index (χ4v) is 8.84. The fraction of sp³-hybridized carbons (Fsp3) is 0.127. The van der Waals surface area contributed by atoms with Crippen LogP contribution in [0, 0.1) is 6.07 Å². The average molecular weight is 958 g/mol. The quantitative estimate of drug-likeness (QED) is 0.169. The molecule has 5 heteroatoms. The molecule has 9 aromatic rings. The van der Waals surface area contributed by atoms with Gasteiger partial charge in [-0.25, -0.2) is 4.98 Å². The first-order valence-electron chi connectivity index (χ1n) is 20.3. The van der Waals surface area contributed by atoms with Gasteiger partial charge in [0.1, 0.15) is 11.6 Å². The van der Waals surface area contributed by atoms with E-state index < -0.39 is 0 Å². The standard InChI is InChI=1S/C55H44N3O.Pt/c1-54(2,3)40-27-28-49(44(32-40)36-19-10-7-11-20-36)58-50-25-16-23-41(52(50)57-53(58)43-22-13-15-26-51(43)59)38-29-37(35-17-8-6-9-18-35)30-39(31-38)48-33-47-45(34-56-48)42-21-12-14-24-46(42)55(47,4)5;/h6-30,32-34,59H,1-5H3;/q-1;. The topological polar surface area (TPSA) is 50.9 Å². The minimum Gasteiger partial charge on any atom is -0.507 e. The summed E-state index contributed by atoms with van der Waals surface area (Å²) in [6.45, 7) is 11.3. The van der Waals surface area contributed by atoms with Gasteiger partial charge in [-0.2, -0.15) is 0 Å². The van der Waals surface area contributed by atoms with Crippen LogP contribution in [0.4, 0.5) is 0 Å². The van der Waals surface area contributed by atoms with E-state index in [9.17, 15) is 5.11 Å². The van der Waals surface area contributed by atoms with Crippen molar-refractivity contribution in [1.82, 2.24) is 14.5 Å². The van der Waals surface area contributed by atoms with E-state index in [1.54, 1.807) is 6.07 Å². The van der Waals surface area contributed by atoms with Crippen molar-refractivity contribution in [3.63, 3.8) is 0 Å². The van der Waals surface area contributed by atoms with Gasteiger partial charge in [-0.15, -0.1) is 23.8 Å². The largest absolute Gasteiger partial charge is 0.507 e. The first kappa shape index (κ1) is 39.1. The van der Waals surface area contributed by atoms with Gasteiger partial charge in [-0.05, 0) is 69.1 Å². The Morgan fingerprint density at radius 2 is 1.22 bits per heavy atom.